The van der Waals surface area contributed by atoms with Crippen LogP contribution in [0.4, 0.5) is 0 Å². The summed E-state index contributed by atoms with van der Waals surface area (Å²) in [5, 5.41) is 3.28. The van der Waals surface area contributed by atoms with Crippen LogP contribution in [-0.4, -0.2) is 39.4 Å². The maximum absolute atomic E-state index is 6.07. The summed E-state index contributed by atoms with van der Waals surface area (Å²) in [6.45, 7) is 14.3. The van der Waals surface area contributed by atoms with Gasteiger partial charge < -0.3 is 24.3 Å². The highest BCUT2D eigenvalue weighted by Gasteiger charge is 2.21. The summed E-state index contributed by atoms with van der Waals surface area (Å²) >= 11 is 0. The number of ether oxygens (including phenoxy) is 4. The minimum Gasteiger partial charge on any atom is -0.465 e. The normalized spacial score (nSPS) is 15.0. The van der Waals surface area contributed by atoms with Gasteiger partial charge in [0.05, 0.1) is 0 Å². The van der Waals surface area contributed by atoms with Crippen molar-refractivity contribution in [3.8, 4) is 11.5 Å². The van der Waals surface area contributed by atoms with Gasteiger partial charge >= 0.3 is 0 Å². The van der Waals surface area contributed by atoms with Crippen LogP contribution in [0.15, 0.2) is 18.2 Å². The van der Waals surface area contributed by atoms with Crippen molar-refractivity contribution in [1.29, 1.82) is 0 Å². The fourth-order valence-corrected chi connectivity index (χ4v) is 2.83. The van der Waals surface area contributed by atoms with E-state index >= 15 is 0 Å². The van der Waals surface area contributed by atoms with E-state index in [1.165, 1.54) is 0 Å². The van der Waals surface area contributed by atoms with E-state index in [0.717, 1.165) is 23.6 Å². The molecule has 1 aromatic rings. The zero-order chi connectivity index (χ0) is 18.8. The van der Waals surface area contributed by atoms with Crippen LogP contribution in [0.2, 0.25) is 0 Å². The van der Waals surface area contributed by atoms with E-state index in [4.69, 9.17) is 18.9 Å². The van der Waals surface area contributed by atoms with Crippen LogP contribution >= 0.6 is 0 Å². The van der Waals surface area contributed by atoms with Gasteiger partial charge in [0, 0.05) is 31.7 Å². The minimum absolute atomic E-state index is 0.300. The molecule has 0 amide bonds. The molecule has 5 heteroatoms. The molecule has 0 aliphatic rings. The van der Waals surface area contributed by atoms with E-state index in [0.29, 0.717) is 25.0 Å². The number of hydrogen-bond donors (Lipinski definition) is 1. The van der Waals surface area contributed by atoms with Gasteiger partial charge in [-0.1, -0.05) is 19.9 Å². The van der Waals surface area contributed by atoms with Gasteiger partial charge in [-0.15, -0.1) is 0 Å². The summed E-state index contributed by atoms with van der Waals surface area (Å²) < 4.78 is 22.9. The number of benzene rings is 1. The monoisotopic (exact) mass is 353 g/mol. The Balaban J connectivity index is 3.12. The van der Waals surface area contributed by atoms with Gasteiger partial charge in [-0.3, -0.25) is 0 Å². The van der Waals surface area contributed by atoms with Crippen molar-refractivity contribution in [2.75, 3.05) is 26.8 Å². The summed E-state index contributed by atoms with van der Waals surface area (Å²) in [5.74, 6) is 2.35. The molecule has 0 aliphatic heterocycles. The fraction of sp³-hybridized carbons (Fsp3) is 0.700. The smallest absolute Gasteiger partial charge is 0.196 e. The summed E-state index contributed by atoms with van der Waals surface area (Å²) in [4.78, 5) is 0. The molecule has 1 N–H and O–H groups in total. The van der Waals surface area contributed by atoms with E-state index < -0.39 is 0 Å². The first-order valence-electron chi connectivity index (χ1n) is 9.27. The molecule has 1 rings (SSSR count). The molecule has 3 atom stereocenters. The quantitative estimate of drug-likeness (QED) is 0.572. The van der Waals surface area contributed by atoms with Crippen LogP contribution in [0, 0.1) is 5.92 Å². The molecule has 25 heavy (non-hydrogen) atoms. The van der Waals surface area contributed by atoms with Crippen LogP contribution < -0.4 is 14.8 Å². The third-order valence-electron chi connectivity index (χ3n) is 4.01. The van der Waals surface area contributed by atoms with Crippen molar-refractivity contribution < 1.29 is 18.9 Å². The molecule has 0 aliphatic carbocycles. The molecule has 144 valence electrons. The van der Waals surface area contributed by atoms with Crippen molar-refractivity contribution in [2.45, 2.75) is 60.0 Å². The average Bonchev–Trinajstić information content (AvgIpc) is 2.53. The van der Waals surface area contributed by atoms with E-state index in [2.05, 4.69) is 25.2 Å². The van der Waals surface area contributed by atoms with Crippen LogP contribution in [0.5, 0.6) is 11.5 Å². The Morgan fingerprint density at radius 2 is 1.52 bits per heavy atom. The summed E-state index contributed by atoms with van der Waals surface area (Å²) in [6.07, 6.45) is -0.614. The van der Waals surface area contributed by atoms with Crippen molar-refractivity contribution >= 4 is 0 Å². The second-order valence-electron chi connectivity index (χ2n) is 6.39. The first kappa shape index (κ1) is 21.7. The maximum atomic E-state index is 6.07. The maximum Gasteiger partial charge on any atom is 0.196 e. The largest absolute Gasteiger partial charge is 0.465 e. The lowest BCUT2D eigenvalue weighted by Crippen LogP contribution is -2.24. The van der Waals surface area contributed by atoms with Crippen molar-refractivity contribution in [3.63, 3.8) is 0 Å². The lowest BCUT2D eigenvalue weighted by atomic mass is 9.87. The molecular formula is C20H35NO4. The van der Waals surface area contributed by atoms with Gasteiger partial charge in [-0.05, 0) is 52.3 Å². The average molecular weight is 354 g/mol. The summed E-state index contributed by atoms with van der Waals surface area (Å²) in [5.41, 5.74) is 1.16. The lowest BCUT2D eigenvalue weighted by molar-refractivity contribution is -0.0654. The highest BCUT2D eigenvalue weighted by Crippen LogP contribution is 2.35. The third-order valence-corrected chi connectivity index (χ3v) is 4.01. The van der Waals surface area contributed by atoms with Crippen LogP contribution in [-0.2, 0) is 9.47 Å². The Kier molecular flexibility index (Phi) is 9.86. The Morgan fingerprint density at radius 3 is 2.04 bits per heavy atom. The van der Waals surface area contributed by atoms with Gasteiger partial charge in [0.2, 0.25) is 0 Å². The third kappa shape index (κ3) is 7.22. The van der Waals surface area contributed by atoms with Gasteiger partial charge in [0.1, 0.15) is 11.5 Å². The van der Waals surface area contributed by atoms with Gasteiger partial charge in [-0.2, -0.15) is 0 Å². The van der Waals surface area contributed by atoms with Gasteiger partial charge in [-0.25, -0.2) is 0 Å². The van der Waals surface area contributed by atoms with E-state index in [9.17, 15) is 0 Å². The van der Waals surface area contributed by atoms with E-state index in [1.54, 1.807) is 0 Å². The molecule has 0 spiro atoms. The number of hydrogen-bond acceptors (Lipinski definition) is 5. The molecular weight excluding hydrogens is 318 g/mol. The molecule has 0 aromatic heterocycles. The Hall–Kier alpha value is -1.30. The Bertz CT molecular complexity index is 493. The predicted octanol–water partition coefficient (Wildman–Crippen LogP) is 4.17. The number of rotatable bonds is 12. The van der Waals surface area contributed by atoms with E-state index in [-0.39, 0.29) is 12.6 Å². The molecule has 0 bridgehead atoms. The first-order valence-corrected chi connectivity index (χ1v) is 9.27. The van der Waals surface area contributed by atoms with Crippen molar-refractivity contribution in [1.82, 2.24) is 5.32 Å². The molecule has 0 saturated carbocycles. The lowest BCUT2D eigenvalue weighted by Gasteiger charge is -2.26. The van der Waals surface area contributed by atoms with Crippen LogP contribution in [0.3, 0.4) is 0 Å². The van der Waals surface area contributed by atoms with Crippen molar-refractivity contribution in [3.05, 3.63) is 23.8 Å². The standard InChI is InChI=1S/C20H35NO4/c1-8-22-15(5)24-17-10-11-18(19(13-21-7)14(3)4)20(12-17)25-16(6)23-9-2/h10-12,14-16,19,21H,8-9,13H2,1-7H3. The van der Waals surface area contributed by atoms with Gasteiger partial charge in [0.25, 0.3) is 0 Å². The molecule has 1 aromatic carbocycles. The first-order chi connectivity index (χ1) is 11.9. The molecule has 3 unspecified atom stereocenters. The Morgan fingerprint density at radius 1 is 0.920 bits per heavy atom. The number of nitrogens with one attached hydrogen (secondary N) is 1. The van der Waals surface area contributed by atoms with Crippen LogP contribution in [0.25, 0.3) is 0 Å². The highest BCUT2D eigenvalue weighted by molar-refractivity contribution is 5.43. The predicted molar refractivity (Wildman–Crippen MR) is 101 cm³/mol. The van der Waals surface area contributed by atoms with Gasteiger partial charge in [0.15, 0.2) is 12.6 Å². The Labute approximate surface area is 153 Å². The highest BCUT2D eigenvalue weighted by atomic mass is 16.7. The summed E-state index contributed by atoms with van der Waals surface area (Å²) in [7, 11) is 1.97. The molecule has 0 fully saturated rings. The molecule has 5 nitrogen and oxygen atoms in total. The topological polar surface area (TPSA) is 49.0 Å². The zero-order valence-corrected chi connectivity index (χ0v) is 16.8. The fourth-order valence-electron chi connectivity index (χ4n) is 2.83. The van der Waals surface area contributed by atoms with Crippen molar-refractivity contribution in [2.24, 2.45) is 5.92 Å². The molecule has 0 radical (unpaired) electrons. The second-order valence-corrected chi connectivity index (χ2v) is 6.39. The molecule has 0 saturated heterocycles. The SMILES string of the molecule is CCOC(C)Oc1ccc(C(CNC)C(C)C)c(OC(C)OCC)c1. The molecule has 0 heterocycles. The number of likely N-dealkylation sites (N-methyl/N-ethyl adjacent to an activating group) is 1. The van der Waals surface area contributed by atoms with Crippen LogP contribution in [0.1, 0.15) is 53.0 Å². The minimum atomic E-state index is -0.314. The zero-order valence-electron chi connectivity index (χ0n) is 16.8. The summed E-state index contributed by atoms with van der Waals surface area (Å²) in [6, 6.07) is 6.00. The van der Waals surface area contributed by atoms with E-state index in [1.807, 2.05) is 46.9 Å². The second kappa shape index (κ2) is 11.3.